The number of benzene rings is 1. The maximum Gasteiger partial charge on any atom is 0.275 e. The van der Waals surface area contributed by atoms with Gasteiger partial charge >= 0.3 is 0 Å². The topological polar surface area (TPSA) is 130 Å². The predicted molar refractivity (Wildman–Crippen MR) is 102 cm³/mol. The van der Waals surface area contributed by atoms with E-state index in [1.807, 2.05) is 0 Å². The molecule has 1 aromatic carbocycles. The number of nitrogen functional groups attached to an aromatic ring is 1. The first-order valence-corrected chi connectivity index (χ1v) is 8.71. The molecule has 9 heteroatoms. The number of carbonyl (C=O) groups excluding carboxylic acids is 1. The summed E-state index contributed by atoms with van der Waals surface area (Å²) in [6.07, 6.45) is 0.258. The second-order valence-electron chi connectivity index (χ2n) is 6.57. The van der Waals surface area contributed by atoms with Crippen LogP contribution >= 0.6 is 0 Å². The van der Waals surface area contributed by atoms with Crippen molar-refractivity contribution in [3.8, 4) is 17.7 Å². The largest absolute Gasteiger partial charge is 0.389 e. The van der Waals surface area contributed by atoms with Gasteiger partial charge in [0.1, 0.15) is 6.10 Å². The minimum absolute atomic E-state index is 0.0879. The van der Waals surface area contributed by atoms with Gasteiger partial charge in [0.05, 0.1) is 11.6 Å². The van der Waals surface area contributed by atoms with E-state index in [-0.39, 0.29) is 30.6 Å². The smallest absolute Gasteiger partial charge is 0.275 e. The van der Waals surface area contributed by atoms with E-state index in [1.165, 1.54) is 15.8 Å². The Morgan fingerprint density at radius 1 is 1.36 bits per heavy atom. The lowest BCUT2D eigenvalue weighted by Crippen LogP contribution is -2.53. The molecular formula is C19H18N6O3. The molecule has 28 heavy (non-hydrogen) atoms. The number of hydrogen-bond donors (Lipinski definition) is 3. The average molecular weight is 378 g/mol. The van der Waals surface area contributed by atoms with Crippen LogP contribution in [0.2, 0.25) is 0 Å². The summed E-state index contributed by atoms with van der Waals surface area (Å²) in [5, 5.41) is 24.0. The molecule has 0 spiro atoms. The van der Waals surface area contributed by atoms with Crippen LogP contribution in [0.25, 0.3) is 16.7 Å². The van der Waals surface area contributed by atoms with E-state index in [9.17, 15) is 15.0 Å². The van der Waals surface area contributed by atoms with Crippen LogP contribution in [-0.2, 0) is 0 Å². The van der Waals surface area contributed by atoms with Gasteiger partial charge in [-0.3, -0.25) is 4.79 Å². The third-order valence-electron chi connectivity index (χ3n) is 4.34. The fraction of sp³-hybridized carbons (Fsp3) is 0.263. The first-order chi connectivity index (χ1) is 13.4. The zero-order valence-electron chi connectivity index (χ0n) is 15.1. The molecule has 0 saturated carbocycles. The van der Waals surface area contributed by atoms with E-state index in [2.05, 4.69) is 26.9 Å². The summed E-state index contributed by atoms with van der Waals surface area (Å²) >= 11 is 0. The Morgan fingerprint density at radius 2 is 2.14 bits per heavy atom. The van der Waals surface area contributed by atoms with Crippen molar-refractivity contribution in [2.45, 2.75) is 19.1 Å². The Morgan fingerprint density at radius 3 is 2.82 bits per heavy atom. The minimum atomic E-state index is -0.753. The van der Waals surface area contributed by atoms with Gasteiger partial charge in [-0.25, -0.2) is 9.67 Å². The quantitative estimate of drug-likeness (QED) is 0.533. The molecular weight excluding hydrogens is 360 g/mol. The van der Waals surface area contributed by atoms with E-state index in [1.54, 1.807) is 31.2 Å². The molecule has 3 aromatic rings. The fourth-order valence-electron chi connectivity index (χ4n) is 2.97. The predicted octanol–water partition coefficient (Wildman–Crippen LogP) is -0.0533. The fourth-order valence-corrected chi connectivity index (χ4v) is 2.97. The van der Waals surface area contributed by atoms with Crippen LogP contribution < -0.4 is 5.73 Å². The number of hydrogen-bond acceptors (Lipinski definition) is 7. The Bertz CT molecular complexity index is 1120. The van der Waals surface area contributed by atoms with Gasteiger partial charge in [-0.15, -0.1) is 0 Å². The Kier molecular flexibility index (Phi) is 4.43. The highest BCUT2D eigenvalue weighted by Crippen LogP contribution is 2.25. The third kappa shape index (κ3) is 3.26. The summed E-state index contributed by atoms with van der Waals surface area (Å²) in [4.78, 5) is 22.4. The number of anilines is 1. The number of aliphatic hydroxyl groups excluding tert-OH is 2. The normalized spacial score (nSPS) is 15.0. The summed E-state index contributed by atoms with van der Waals surface area (Å²) in [5.41, 5.74) is 7.24. The molecule has 3 heterocycles. The van der Waals surface area contributed by atoms with E-state index in [4.69, 9.17) is 5.73 Å². The first kappa shape index (κ1) is 17.9. The highest BCUT2D eigenvalue weighted by atomic mass is 16.3. The lowest BCUT2D eigenvalue weighted by molar-refractivity contribution is 0.00560. The second-order valence-corrected chi connectivity index (χ2v) is 6.57. The molecule has 1 amide bonds. The maximum atomic E-state index is 12.8. The number of rotatable bonds is 2. The molecule has 1 atom stereocenters. The molecule has 0 bridgehead atoms. The highest BCUT2D eigenvalue weighted by molar-refractivity contribution is 6.05. The molecule has 1 fully saturated rings. The van der Waals surface area contributed by atoms with Crippen molar-refractivity contribution in [2.24, 2.45) is 0 Å². The number of amides is 1. The van der Waals surface area contributed by atoms with Crippen LogP contribution in [0.3, 0.4) is 0 Å². The van der Waals surface area contributed by atoms with Crippen molar-refractivity contribution in [1.29, 1.82) is 0 Å². The number of likely N-dealkylation sites (tertiary alicyclic amines) is 1. The number of nitrogens with two attached hydrogens (primary N) is 1. The molecule has 0 unspecified atom stereocenters. The molecule has 1 saturated heterocycles. The van der Waals surface area contributed by atoms with Crippen molar-refractivity contribution < 1.29 is 15.0 Å². The van der Waals surface area contributed by atoms with Crippen LogP contribution in [0.1, 0.15) is 23.0 Å². The monoisotopic (exact) mass is 378 g/mol. The number of aromatic nitrogens is 4. The van der Waals surface area contributed by atoms with Crippen LogP contribution in [0.15, 0.2) is 30.5 Å². The van der Waals surface area contributed by atoms with E-state index < -0.39 is 12.2 Å². The molecule has 4 N–H and O–H groups in total. The molecule has 0 radical (unpaired) electrons. The summed E-state index contributed by atoms with van der Waals surface area (Å²) in [7, 11) is 0. The Balaban J connectivity index is 1.87. The van der Waals surface area contributed by atoms with Crippen molar-refractivity contribution in [3.63, 3.8) is 0 Å². The zero-order chi connectivity index (χ0) is 19.8. The highest BCUT2D eigenvalue weighted by Gasteiger charge is 2.32. The van der Waals surface area contributed by atoms with E-state index in [0.29, 0.717) is 22.3 Å². The van der Waals surface area contributed by atoms with Gasteiger partial charge in [0.25, 0.3) is 5.91 Å². The van der Waals surface area contributed by atoms with Gasteiger partial charge in [0.2, 0.25) is 5.95 Å². The molecule has 0 aliphatic carbocycles. The van der Waals surface area contributed by atoms with Crippen LogP contribution in [0.4, 0.5) is 5.95 Å². The first-order valence-electron chi connectivity index (χ1n) is 8.71. The van der Waals surface area contributed by atoms with Gasteiger partial charge in [0, 0.05) is 36.3 Å². The van der Waals surface area contributed by atoms with Crippen LogP contribution in [-0.4, -0.2) is 66.1 Å². The van der Waals surface area contributed by atoms with Gasteiger partial charge in [-0.05, 0) is 25.1 Å². The average Bonchev–Trinajstić information content (AvgIpc) is 3.02. The lowest BCUT2D eigenvalue weighted by atomic mass is 10.1. The molecule has 1 aliphatic heterocycles. The van der Waals surface area contributed by atoms with E-state index in [0.717, 1.165) is 0 Å². The lowest BCUT2D eigenvalue weighted by Gasteiger charge is -2.35. The summed E-state index contributed by atoms with van der Waals surface area (Å²) in [6.45, 7) is 2.15. The second kappa shape index (κ2) is 6.92. The number of β-amino-alcohol motifs (C(OH)–C–C–N with tert-alkyl or cyclic N) is 1. The number of carbonyl (C=O) groups is 1. The standard InChI is InChI=1S/C19H18N6O3/c1-11(26)2-3-12-4-5-14-15(8-12)25(16-6-7-21-19(20)22-16)23-17(14)18(28)24-9-13(27)10-24/h4-8,11,13,26-27H,9-10H2,1H3,(H2,20,21,22)/t11-/m1/s1. The molecule has 9 nitrogen and oxygen atoms in total. The van der Waals surface area contributed by atoms with Gasteiger partial charge in [0.15, 0.2) is 11.5 Å². The van der Waals surface area contributed by atoms with Gasteiger partial charge in [-0.1, -0.05) is 11.8 Å². The SMILES string of the molecule is C[C@@H](O)C#Cc1ccc2c(C(=O)N3CC(O)C3)nn(-c3ccnc(N)n3)c2c1. The summed E-state index contributed by atoms with van der Waals surface area (Å²) in [6, 6.07) is 6.94. The van der Waals surface area contributed by atoms with Crippen molar-refractivity contribution in [3.05, 3.63) is 41.7 Å². The molecule has 142 valence electrons. The third-order valence-corrected chi connectivity index (χ3v) is 4.34. The van der Waals surface area contributed by atoms with Crippen molar-refractivity contribution in [2.75, 3.05) is 18.8 Å². The number of fused-ring (bicyclic) bond motifs is 1. The molecule has 1 aliphatic rings. The van der Waals surface area contributed by atoms with Gasteiger partial charge in [-0.2, -0.15) is 10.1 Å². The Hall–Kier alpha value is -3.48. The Labute approximate surface area is 160 Å². The maximum absolute atomic E-state index is 12.8. The number of nitrogens with zero attached hydrogens (tertiary/aromatic N) is 5. The molecule has 4 rings (SSSR count). The minimum Gasteiger partial charge on any atom is -0.389 e. The van der Waals surface area contributed by atoms with Gasteiger partial charge < -0.3 is 20.8 Å². The van der Waals surface area contributed by atoms with Crippen molar-refractivity contribution >= 4 is 22.8 Å². The van der Waals surface area contributed by atoms with Crippen LogP contribution in [0, 0.1) is 11.8 Å². The summed E-state index contributed by atoms with van der Waals surface area (Å²) < 4.78 is 1.52. The van der Waals surface area contributed by atoms with Crippen LogP contribution in [0.5, 0.6) is 0 Å². The summed E-state index contributed by atoms with van der Waals surface area (Å²) in [5.74, 6) is 5.82. The zero-order valence-corrected chi connectivity index (χ0v) is 15.1. The van der Waals surface area contributed by atoms with Crippen molar-refractivity contribution in [1.82, 2.24) is 24.6 Å². The number of aliphatic hydroxyl groups is 2. The van der Waals surface area contributed by atoms with E-state index >= 15 is 0 Å². The molecule has 2 aromatic heterocycles.